The highest BCUT2D eigenvalue weighted by Gasteiger charge is 2.37. The number of benzene rings is 1. The van der Waals surface area contributed by atoms with Crippen LogP contribution in [0.1, 0.15) is 17.3 Å². The average molecular weight is 293 g/mol. The summed E-state index contributed by atoms with van der Waals surface area (Å²) in [5.74, 6) is -0.326. The van der Waals surface area contributed by atoms with E-state index in [0.717, 1.165) is 4.90 Å². The smallest absolute Gasteiger partial charge is 0.310 e. The highest BCUT2D eigenvalue weighted by Crippen LogP contribution is 2.26. The second-order valence-electron chi connectivity index (χ2n) is 5.05. The maximum absolute atomic E-state index is 12.4. The summed E-state index contributed by atoms with van der Waals surface area (Å²) in [5.41, 5.74) is 0.667. The Morgan fingerprint density at radius 3 is 2.45 bits per heavy atom. The third-order valence-corrected chi connectivity index (χ3v) is 4.48. The lowest BCUT2D eigenvalue weighted by Crippen LogP contribution is -2.30. The number of likely N-dealkylation sites (tertiary alicyclic amines) is 1. The maximum atomic E-state index is 12.4. The normalized spacial score (nSPS) is 21.9. The van der Waals surface area contributed by atoms with Gasteiger partial charge in [-0.25, -0.2) is 0 Å². The fourth-order valence-corrected chi connectivity index (χ4v) is 2.92. The van der Waals surface area contributed by atoms with E-state index in [2.05, 4.69) is 0 Å². The number of thioether (sulfide) groups is 1. The zero-order valence-electron chi connectivity index (χ0n) is 12.0. The lowest BCUT2D eigenvalue weighted by molar-refractivity contribution is -0.146. The number of ether oxygens (including phenoxy) is 1. The van der Waals surface area contributed by atoms with E-state index in [9.17, 15) is 9.59 Å². The third kappa shape index (κ3) is 2.98. The van der Waals surface area contributed by atoms with Crippen LogP contribution in [0.3, 0.4) is 0 Å². The van der Waals surface area contributed by atoms with Gasteiger partial charge in [-0.2, -0.15) is 0 Å². The molecule has 0 radical (unpaired) electrons. The van der Waals surface area contributed by atoms with E-state index in [1.165, 1.54) is 7.11 Å². The van der Waals surface area contributed by atoms with Crippen molar-refractivity contribution in [1.29, 1.82) is 0 Å². The number of rotatable bonds is 3. The highest BCUT2D eigenvalue weighted by atomic mass is 32.2. The van der Waals surface area contributed by atoms with Gasteiger partial charge in [0.25, 0.3) is 5.91 Å². The van der Waals surface area contributed by atoms with Gasteiger partial charge in [-0.3, -0.25) is 9.59 Å². The molecule has 1 aromatic carbocycles. The van der Waals surface area contributed by atoms with Gasteiger partial charge in [0.15, 0.2) is 0 Å². The number of hydrogen-bond acceptors (Lipinski definition) is 4. The van der Waals surface area contributed by atoms with Crippen molar-refractivity contribution in [3.63, 3.8) is 0 Å². The van der Waals surface area contributed by atoms with E-state index in [-0.39, 0.29) is 23.7 Å². The lowest BCUT2D eigenvalue weighted by Gasteiger charge is -2.16. The molecule has 2 rings (SSSR count). The molecular formula is C15H19NO3S. The van der Waals surface area contributed by atoms with Crippen molar-refractivity contribution in [2.45, 2.75) is 11.8 Å². The van der Waals surface area contributed by atoms with Crippen LogP contribution in [0.25, 0.3) is 0 Å². The predicted molar refractivity (Wildman–Crippen MR) is 78.8 cm³/mol. The third-order valence-electron chi connectivity index (χ3n) is 3.74. The molecule has 2 unspecified atom stereocenters. The summed E-state index contributed by atoms with van der Waals surface area (Å²) < 4.78 is 4.79. The van der Waals surface area contributed by atoms with Crippen LogP contribution >= 0.6 is 11.8 Å². The van der Waals surface area contributed by atoms with Gasteiger partial charge >= 0.3 is 5.97 Å². The summed E-state index contributed by atoms with van der Waals surface area (Å²) in [6, 6.07) is 7.55. The van der Waals surface area contributed by atoms with Crippen LogP contribution in [0.4, 0.5) is 0 Å². The molecule has 20 heavy (non-hydrogen) atoms. The Morgan fingerprint density at radius 1 is 1.25 bits per heavy atom. The second kappa shape index (κ2) is 6.31. The number of carbonyl (C=O) groups is 2. The standard InChI is InChI=1S/C15H19NO3S/c1-10-8-16(9-13(10)15(18)19-2)14(17)11-4-6-12(20-3)7-5-11/h4-7,10,13H,8-9H2,1-3H3. The Labute approximate surface area is 123 Å². The van der Waals surface area contributed by atoms with Crippen molar-refractivity contribution in [1.82, 2.24) is 4.90 Å². The Bertz CT molecular complexity index is 500. The Morgan fingerprint density at radius 2 is 1.90 bits per heavy atom. The molecule has 4 nitrogen and oxygen atoms in total. The minimum absolute atomic E-state index is 0.0177. The topological polar surface area (TPSA) is 46.6 Å². The number of nitrogens with zero attached hydrogens (tertiary/aromatic N) is 1. The molecule has 0 aliphatic carbocycles. The van der Waals surface area contributed by atoms with E-state index in [1.54, 1.807) is 16.7 Å². The quantitative estimate of drug-likeness (QED) is 0.633. The minimum Gasteiger partial charge on any atom is -0.469 e. The zero-order valence-corrected chi connectivity index (χ0v) is 12.8. The van der Waals surface area contributed by atoms with Crippen LogP contribution in [0.5, 0.6) is 0 Å². The molecule has 1 saturated heterocycles. The van der Waals surface area contributed by atoms with Crippen molar-refractivity contribution >= 4 is 23.6 Å². The van der Waals surface area contributed by atoms with Gasteiger partial charge in [0.05, 0.1) is 13.0 Å². The number of esters is 1. The van der Waals surface area contributed by atoms with Crippen molar-refractivity contribution in [2.75, 3.05) is 26.5 Å². The predicted octanol–water partition coefficient (Wildman–Crippen LogP) is 2.29. The number of methoxy groups -OCH3 is 1. The first-order valence-corrected chi connectivity index (χ1v) is 7.80. The largest absolute Gasteiger partial charge is 0.469 e. The Hall–Kier alpha value is -1.49. The summed E-state index contributed by atoms with van der Waals surface area (Å²) in [4.78, 5) is 26.9. The van der Waals surface area contributed by atoms with E-state index >= 15 is 0 Å². The summed E-state index contributed by atoms with van der Waals surface area (Å²) in [6.45, 7) is 3.02. The molecule has 0 aromatic heterocycles. The van der Waals surface area contributed by atoms with Crippen LogP contribution in [0, 0.1) is 11.8 Å². The van der Waals surface area contributed by atoms with E-state index in [0.29, 0.717) is 18.7 Å². The summed E-state index contributed by atoms with van der Waals surface area (Å²) in [6.07, 6.45) is 2.00. The fraction of sp³-hybridized carbons (Fsp3) is 0.467. The van der Waals surface area contributed by atoms with E-state index in [1.807, 2.05) is 37.4 Å². The van der Waals surface area contributed by atoms with Crippen LogP contribution in [-0.2, 0) is 9.53 Å². The first-order valence-electron chi connectivity index (χ1n) is 6.58. The molecule has 1 fully saturated rings. The fourth-order valence-electron chi connectivity index (χ4n) is 2.51. The monoisotopic (exact) mass is 293 g/mol. The molecule has 0 saturated carbocycles. The molecule has 1 heterocycles. The maximum Gasteiger partial charge on any atom is 0.310 e. The molecule has 1 aromatic rings. The van der Waals surface area contributed by atoms with Gasteiger partial charge < -0.3 is 9.64 Å². The van der Waals surface area contributed by atoms with Gasteiger partial charge in [0.1, 0.15) is 0 Å². The van der Waals surface area contributed by atoms with E-state index in [4.69, 9.17) is 4.74 Å². The van der Waals surface area contributed by atoms with E-state index < -0.39 is 0 Å². The number of amides is 1. The van der Waals surface area contributed by atoms with Gasteiger partial charge in [-0.05, 0) is 36.4 Å². The zero-order chi connectivity index (χ0) is 14.7. The molecule has 0 spiro atoms. The molecule has 5 heteroatoms. The van der Waals surface area contributed by atoms with Crippen LogP contribution in [-0.4, -0.2) is 43.2 Å². The Kier molecular flexibility index (Phi) is 4.70. The second-order valence-corrected chi connectivity index (χ2v) is 5.93. The van der Waals surface area contributed by atoms with Crippen LogP contribution in [0.2, 0.25) is 0 Å². The van der Waals surface area contributed by atoms with Crippen molar-refractivity contribution < 1.29 is 14.3 Å². The molecule has 1 aliphatic rings. The molecule has 2 atom stereocenters. The van der Waals surface area contributed by atoms with Crippen molar-refractivity contribution in [3.8, 4) is 0 Å². The molecule has 1 amide bonds. The average Bonchev–Trinajstić information content (AvgIpc) is 2.87. The molecule has 108 valence electrons. The van der Waals surface area contributed by atoms with Crippen molar-refractivity contribution in [2.24, 2.45) is 11.8 Å². The van der Waals surface area contributed by atoms with Gasteiger partial charge in [-0.1, -0.05) is 6.92 Å². The van der Waals surface area contributed by atoms with Crippen LogP contribution < -0.4 is 0 Å². The molecule has 0 bridgehead atoms. The molecule has 0 N–H and O–H groups in total. The molecular weight excluding hydrogens is 274 g/mol. The van der Waals surface area contributed by atoms with Gasteiger partial charge in [0, 0.05) is 23.5 Å². The highest BCUT2D eigenvalue weighted by molar-refractivity contribution is 7.98. The number of hydrogen-bond donors (Lipinski definition) is 0. The van der Waals surface area contributed by atoms with Crippen LogP contribution in [0.15, 0.2) is 29.2 Å². The van der Waals surface area contributed by atoms with Crippen molar-refractivity contribution in [3.05, 3.63) is 29.8 Å². The summed E-state index contributed by atoms with van der Waals surface area (Å²) in [7, 11) is 1.39. The van der Waals surface area contributed by atoms with Gasteiger partial charge in [-0.15, -0.1) is 11.8 Å². The first-order chi connectivity index (χ1) is 9.56. The molecule has 1 aliphatic heterocycles. The summed E-state index contributed by atoms with van der Waals surface area (Å²) in [5, 5.41) is 0. The first kappa shape index (κ1) is 14.9. The number of carbonyl (C=O) groups excluding carboxylic acids is 2. The Balaban J connectivity index is 2.08. The summed E-state index contributed by atoms with van der Waals surface area (Å²) >= 11 is 1.64. The SMILES string of the molecule is COC(=O)C1CN(C(=O)c2ccc(SC)cc2)CC1C. The minimum atomic E-state index is -0.231. The lowest BCUT2D eigenvalue weighted by atomic mass is 9.99. The van der Waals surface area contributed by atoms with Gasteiger partial charge in [0.2, 0.25) is 0 Å².